The van der Waals surface area contributed by atoms with E-state index >= 15 is 0 Å². The molecule has 306 valence electrons. The second-order valence-electron chi connectivity index (χ2n) is 15.7. The van der Waals surface area contributed by atoms with Crippen LogP contribution in [0.1, 0.15) is 98.2 Å². The third kappa shape index (κ3) is 9.53. The predicted molar refractivity (Wildman–Crippen MR) is 259 cm³/mol. The summed E-state index contributed by atoms with van der Waals surface area (Å²) < 4.78 is 0. The zero-order chi connectivity index (χ0) is 41.2. The molecule has 0 spiro atoms. The van der Waals surface area contributed by atoms with E-state index in [9.17, 15) is 10.2 Å². The van der Waals surface area contributed by atoms with Gasteiger partial charge in [0.1, 0.15) is 0 Å². The Morgan fingerprint density at radius 1 is 0.508 bits per heavy atom. The lowest BCUT2D eigenvalue weighted by Gasteiger charge is -2.33. The molecule has 0 bridgehead atoms. The van der Waals surface area contributed by atoms with Crippen molar-refractivity contribution in [2.24, 2.45) is 0 Å². The van der Waals surface area contributed by atoms with Gasteiger partial charge < -0.3 is 20.0 Å². The van der Waals surface area contributed by atoms with Crippen molar-refractivity contribution in [3.63, 3.8) is 0 Å². The van der Waals surface area contributed by atoms with E-state index in [2.05, 4.69) is 171 Å². The van der Waals surface area contributed by atoms with E-state index in [1.54, 1.807) is 0 Å². The number of anilines is 2. The number of hydrogen-bond donors (Lipinski definition) is 2. The normalized spacial score (nSPS) is 13.1. The molecule has 6 aromatic rings. The van der Waals surface area contributed by atoms with Gasteiger partial charge in [-0.05, 0) is 144 Å². The van der Waals surface area contributed by atoms with Gasteiger partial charge in [0.2, 0.25) is 0 Å². The first-order chi connectivity index (χ1) is 28.9. The van der Waals surface area contributed by atoms with Crippen molar-refractivity contribution in [1.82, 2.24) is 0 Å². The number of unbranched alkanes of at least 4 members (excludes halogenated alkanes) is 2. The Kier molecular flexibility index (Phi) is 14.4. The highest BCUT2D eigenvalue weighted by Gasteiger charge is 2.42. The van der Waals surface area contributed by atoms with Crippen molar-refractivity contribution in [2.45, 2.75) is 71.6 Å². The molecule has 4 aromatic carbocycles. The Morgan fingerprint density at radius 3 is 1.31 bits per heavy atom. The first-order valence-electron chi connectivity index (χ1n) is 21.7. The summed E-state index contributed by atoms with van der Waals surface area (Å²) in [5.41, 5.74) is 13.1. The molecule has 2 heterocycles. The summed E-state index contributed by atoms with van der Waals surface area (Å²) in [7, 11) is 0. The van der Waals surface area contributed by atoms with Crippen molar-refractivity contribution in [3.8, 4) is 32.0 Å². The molecule has 0 atom stereocenters. The van der Waals surface area contributed by atoms with Gasteiger partial charge in [0.15, 0.2) is 0 Å². The van der Waals surface area contributed by atoms with Crippen molar-refractivity contribution >= 4 is 58.4 Å². The number of nitrogens with zero attached hydrogens (tertiary/aromatic N) is 2. The fraction of sp³-hybridized carbons (Fsp3) is 0.321. The zero-order valence-corrected chi connectivity index (χ0v) is 36.9. The highest BCUT2D eigenvalue weighted by molar-refractivity contribution is 7.16. The average molecular weight is 821 g/mol. The van der Waals surface area contributed by atoms with Gasteiger partial charge in [0.25, 0.3) is 0 Å². The number of aliphatic hydroxyl groups is 2. The third-order valence-electron chi connectivity index (χ3n) is 12.0. The minimum Gasteiger partial charge on any atom is -0.395 e. The molecule has 2 N–H and O–H groups in total. The molecule has 0 saturated carbocycles. The van der Waals surface area contributed by atoms with Gasteiger partial charge in [-0.1, -0.05) is 100 Å². The van der Waals surface area contributed by atoms with Crippen LogP contribution in [0.4, 0.5) is 11.4 Å². The van der Waals surface area contributed by atoms with Crippen molar-refractivity contribution in [2.75, 3.05) is 49.2 Å². The second kappa shape index (κ2) is 20.0. The van der Waals surface area contributed by atoms with E-state index in [4.69, 9.17) is 0 Å². The molecule has 1 aliphatic rings. The summed E-state index contributed by atoms with van der Waals surface area (Å²) in [4.78, 5) is 9.49. The van der Waals surface area contributed by atoms with Gasteiger partial charge in [-0.25, -0.2) is 0 Å². The van der Waals surface area contributed by atoms with Crippen LogP contribution in [-0.4, -0.2) is 49.6 Å². The molecule has 0 unspecified atom stereocenters. The van der Waals surface area contributed by atoms with E-state index < -0.39 is 0 Å². The van der Waals surface area contributed by atoms with E-state index in [0.29, 0.717) is 13.1 Å². The molecule has 0 saturated heterocycles. The Labute approximate surface area is 360 Å². The summed E-state index contributed by atoms with van der Waals surface area (Å²) >= 11 is 3.72. The average Bonchev–Trinajstić information content (AvgIpc) is 4.02. The predicted octanol–water partition coefficient (Wildman–Crippen LogP) is 13.8. The fourth-order valence-corrected chi connectivity index (χ4v) is 10.6. The smallest absolute Gasteiger partial charge is 0.0606 e. The minimum absolute atomic E-state index is 0.00389. The monoisotopic (exact) mass is 820 g/mol. The molecule has 0 radical (unpaired) electrons. The van der Waals surface area contributed by atoms with Crippen LogP contribution in [0.3, 0.4) is 0 Å². The lowest BCUT2D eigenvalue weighted by Crippen LogP contribution is -2.25. The summed E-state index contributed by atoms with van der Waals surface area (Å²) in [6.45, 7) is 12.3. The highest BCUT2D eigenvalue weighted by Crippen LogP contribution is 2.56. The van der Waals surface area contributed by atoms with Crippen molar-refractivity contribution in [3.05, 3.63) is 141 Å². The lowest BCUT2D eigenvalue weighted by molar-refractivity contribution is 0.302. The fourth-order valence-electron chi connectivity index (χ4n) is 8.75. The molecule has 4 nitrogen and oxygen atoms in total. The maximum absolute atomic E-state index is 9.42. The second-order valence-corrected chi connectivity index (χ2v) is 17.9. The van der Waals surface area contributed by atoms with E-state index in [-0.39, 0.29) is 18.6 Å². The maximum Gasteiger partial charge on any atom is 0.0606 e. The van der Waals surface area contributed by atoms with Crippen LogP contribution in [-0.2, 0) is 5.41 Å². The largest absolute Gasteiger partial charge is 0.395 e. The first-order valence-corrected chi connectivity index (χ1v) is 23.3. The van der Waals surface area contributed by atoms with Crippen LogP contribution in [0.15, 0.2) is 109 Å². The topological polar surface area (TPSA) is 46.9 Å². The molecule has 7 rings (SSSR count). The molecule has 6 heteroatoms. The third-order valence-corrected chi connectivity index (χ3v) is 14.2. The standard InChI is InChI=1S/C53H60N2O2S2/c1-5-9-31-53(32-10-6-2)49-37-41(51-29-25-45(58-51)23-15-39-11-19-43(20-12-39)54(7-3)33-35-56)17-27-47(49)48-28-18-42(38-50(48)53)52-30-26-46(59-52)24-16-40-13-21-44(22-14-40)55(8-4)34-36-57/h11-30,37-38,56-57H,5-10,31-36H2,1-4H3/b23-15+,24-16+. The van der Waals surface area contributed by atoms with Gasteiger partial charge in [-0.3, -0.25) is 0 Å². The summed E-state index contributed by atoms with van der Waals surface area (Å²) in [6.07, 6.45) is 16.0. The Balaban J connectivity index is 1.14. The SMILES string of the molecule is CCCCC1(CCCC)c2cc(-c3ccc(/C=C/c4ccc(N(CC)CCO)cc4)s3)ccc2-c2ccc(-c3ccc(/C=C/c4ccc(N(CC)CCO)cc4)s3)cc21. The molecule has 0 fully saturated rings. The number of rotatable bonds is 20. The van der Waals surface area contributed by atoms with Gasteiger partial charge in [0.05, 0.1) is 13.2 Å². The Hall–Kier alpha value is -4.72. The van der Waals surface area contributed by atoms with E-state index in [1.165, 1.54) is 89.7 Å². The molecular weight excluding hydrogens is 761 g/mol. The molecule has 0 amide bonds. The number of benzene rings is 4. The Bertz CT molecular complexity index is 2170. The van der Waals surface area contributed by atoms with Gasteiger partial charge in [-0.15, -0.1) is 22.7 Å². The number of fused-ring (bicyclic) bond motifs is 3. The number of aliphatic hydroxyl groups excluding tert-OH is 2. The molecule has 0 aliphatic heterocycles. The maximum atomic E-state index is 9.42. The van der Waals surface area contributed by atoms with E-state index in [1.807, 2.05) is 22.7 Å². The van der Waals surface area contributed by atoms with E-state index in [0.717, 1.165) is 37.3 Å². The molecule has 59 heavy (non-hydrogen) atoms. The first kappa shape index (κ1) is 42.4. The van der Waals surface area contributed by atoms with Crippen LogP contribution in [0, 0.1) is 0 Å². The van der Waals surface area contributed by atoms with Crippen LogP contribution in [0.25, 0.3) is 56.3 Å². The number of thiophene rings is 2. The summed E-state index contributed by atoms with van der Waals surface area (Å²) in [5.74, 6) is 0. The summed E-state index contributed by atoms with van der Waals surface area (Å²) in [5, 5.41) is 18.8. The Morgan fingerprint density at radius 2 is 0.932 bits per heavy atom. The van der Waals surface area contributed by atoms with Gasteiger partial charge in [0, 0.05) is 62.5 Å². The van der Waals surface area contributed by atoms with Crippen LogP contribution < -0.4 is 9.80 Å². The number of likely N-dealkylation sites (N-methyl/N-ethyl adjacent to an activating group) is 2. The van der Waals surface area contributed by atoms with Crippen LogP contribution in [0.5, 0.6) is 0 Å². The van der Waals surface area contributed by atoms with Gasteiger partial charge >= 0.3 is 0 Å². The van der Waals surface area contributed by atoms with Crippen LogP contribution >= 0.6 is 22.7 Å². The molecular formula is C53H60N2O2S2. The number of hydrogen-bond acceptors (Lipinski definition) is 6. The quantitative estimate of drug-likeness (QED) is 0.0805. The van der Waals surface area contributed by atoms with Crippen molar-refractivity contribution < 1.29 is 10.2 Å². The van der Waals surface area contributed by atoms with Crippen molar-refractivity contribution in [1.29, 1.82) is 0 Å². The minimum atomic E-state index is -0.00389. The van der Waals surface area contributed by atoms with Gasteiger partial charge in [-0.2, -0.15) is 0 Å². The molecule has 1 aliphatic carbocycles. The summed E-state index contributed by atoms with van der Waals surface area (Å²) in [6, 6.07) is 40.9. The lowest BCUT2D eigenvalue weighted by atomic mass is 9.70. The highest BCUT2D eigenvalue weighted by atomic mass is 32.1. The zero-order valence-electron chi connectivity index (χ0n) is 35.3. The molecule has 2 aromatic heterocycles. The van der Waals surface area contributed by atoms with Crippen LogP contribution in [0.2, 0.25) is 0 Å².